The number of ether oxygens (including phenoxy) is 2. The van der Waals surface area contributed by atoms with Gasteiger partial charge in [-0.15, -0.1) is 0 Å². The molecule has 2 aromatic rings. The second-order valence-electron chi connectivity index (χ2n) is 5.57. The standard InChI is InChI=1S/C19H22N2O4/c1-12(15-7-10-17(24-3)18(11-15)25-4)20-19(23)21-16-8-5-14(6-9-16)13(2)22/h5-12H,1-4H3,(H2,20,21,23). The van der Waals surface area contributed by atoms with E-state index in [9.17, 15) is 9.59 Å². The molecular weight excluding hydrogens is 320 g/mol. The van der Waals surface area contributed by atoms with Crippen LogP contribution in [-0.4, -0.2) is 26.0 Å². The minimum Gasteiger partial charge on any atom is -0.493 e. The Balaban J connectivity index is 2.01. The average Bonchev–Trinajstić information content (AvgIpc) is 2.61. The van der Waals surface area contributed by atoms with Crippen molar-refractivity contribution in [2.45, 2.75) is 19.9 Å². The summed E-state index contributed by atoms with van der Waals surface area (Å²) in [6.07, 6.45) is 0. The number of ketones is 1. The van der Waals surface area contributed by atoms with Crippen LogP contribution in [-0.2, 0) is 0 Å². The molecule has 0 aliphatic rings. The summed E-state index contributed by atoms with van der Waals surface area (Å²) >= 11 is 0. The van der Waals surface area contributed by atoms with Crippen LogP contribution in [0.2, 0.25) is 0 Å². The van der Waals surface area contributed by atoms with Gasteiger partial charge in [0.25, 0.3) is 0 Å². The fourth-order valence-corrected chi connectivity index (χ4v) is 2.36. The molecule has 6 heteroatoms. The summed E-state index contributed by atoms with van der Waals surface area (Å²) < 4.78 is 10.5. The van der Waals surface area contributed by atoms with Crippen molar-refractivity contribution in [3.05, 3.63) is 53.6 Å². The maximum Gasteiger partial charge on any atom is 0.319 e. The molecular formula is C19H22N2O4. The number of hydrogen-bond donors (Lipinski definition) is 2. The molecule has 2 rings (SSSR count). The van der Waals surface area contributed by atoms with Crippen LogP contribution < -0.4 is 20.1 Å². The number of carbonyl (C=O) groups excluding carboxylic acids is 2. The number of Topliss-reactive ketones (excluding diaryl/α,β-unsaturated/α-hetero) is 1. The zero-order valence-corrected chi connectivity index (χ0v) is 14.8. The van der Waals surface area contributed by atoms with E-state index in [1.165, 1.54) is 6.92 Å². The summed E-state index contributed by atoms with van der Waals surface area (Å²) in [5.41, 5.74) is 2.10. The zero-order valence-electron chi connectivity index (χ0n) is 14.8. The first-order chi connectivity index (χ1) is 11.9. The van der Waals surface area contributed by atoms with E-state index in [-0.39, 0.29) is 17.9 Å². The lowest BCUT2D eigenvalue weighted by atomic mass is 10.1. The summed E-state index contributed by atoms with van der Waals surface area (Å²) in [5, 5.41) is 5.60. The van der Waals surface area contributed by atoms with E-state index >= 15 is 0 Å². The second kappa shape index (κ2) is 8.19. The van der Waals surface area contributed by atoms with Crippen molar-refractivity contribution in [1.82, 2.24) is 5.32 Å². The largest absolute Gasteiger partial charge is 0.493 e. The molecule has 1 atom stereocenters. The Morgan fingerprint density at radius 2 is 1.60 bits per heavy atom. The van der Waals surface area contributed by atoms with Gasteiger partial charge in [-0.3, -0.25) is 4.79 Å². The van der Waals surface area contributed by atoms with Crippen LogP contribution in [0.3, 0.4) is 0 Å². The van der Waals surface area contributed by atoms with Crippen LogP contribution in [0.1, 0.15) is 35.8 Å². The first-order valence-electron chi connectivity index (χ1n) is 7.85. The summed E-state index contributed by atoms with van der Waals surface area (Å²) in [5.74, 6) is 1.22. The van der Waals surface area contributed by atoms with Crippen molar-refractivity contribution in [2.24, 2.45) is 0 Å². The third kappa shape index (κ3) is 4.73. The number of nitrogens with one attached hydrogen (secondary N) is 2. The summed E-state index contributed by atoms with van der Waals surface area (Å²) in [6, 6.07) is 11.7. The average molecular weight is 342 g/mol. The highest BCUT2D eigenvalue weighted by molar-refractivity contribution is 5.95. The Morgan fingerprint density at radius 1 is 0.960 bits per heavy atom. The lowest BCUT2D eigenvalue weighted by molar-refractivity contribution is 0.101. The highest BCUT2D eigenvalue weighted by Gasteiger charge is 2.13. The van der Waals surface area contributed by atoms with Gasteiger partial charge in [0.1, 0.15) is 0 Å². The Morgan fingerprint density at radius 3 is 2.16 bits per heavy atom. The summed E-state index contributed by atoms with van der Waals surface area (Å²) in [7, 11) is 3.14. The van der Waals surface area contributed by atoms with Gasteiger partial charge in [-0.2, -0.15) is 0 Å². The van der Waals surface area contributed by atoms with Gasteiger partial charge in [0, 0.05) is 11.3 Å². The number of methoxy groups -OCH3 is 2. The lowest BCUT2D eigenvalue weighted by Gasteiger charge is -2.17. The molecule has 0 aliphatic heterocycles. The van der Waals surface area contributed by atoms with Gasteiger partial charge in [0.15, 0.2) is 17.3 Å². The molecule has 2 aromatic carbocycles. The first kappa shape index (κ1) is 18.3. The molecule has 0 bridgehead atoms. The van der Waals surface area contributed by atoms with Crippen LogP contribution in [0.25, 0.3) is 0 Å². The van der Waals surface area contributed by atoms with Gasteiger partial charge in [0.2, 0.25) is 0 Å². The number of carbonyl (C=O) groups is 2. The monoisotopic (exact) mass is 342 g/mol. The topological polar surface area (TPSA) is 76.7 Å². The molecule has 132 valence electrons. The Bertz CT molecular complexity index is 757. The van der Waals surface area contributed by atoms with E-state index < -0.39 is 0 Å². The molecule has 0 saturated carbocycles. The number of amides is 2. The van der Waals surface area contributed by atoms with Gasteiger partial charge in [-0.25, -0.2) is 4.79 Å². The Labute approximate surface area is 147 Å². The molecule has 2 N–H and O–H groups in total. The van der Waals surface area contributed by atoms with Crippen molar-refractivity contribution >= 4 is 17.5 Å². The number of anilines is 1. The zero-order chi connectivity index (χ0) is 18.4. The van der Waals surface area contributed by atoms with E-state index in [2.05, 4.69) is 10.6 Å². The number of rotatable bonds is 6. The van der Waals surface area contributed by atoms with E-state index in [0.717, 1.165) is 5.56 Å². The van der Waals surface area contributed by atoms with Crippen molar-refractivity contribution < 1.29 is 19.1 Å². The van der Waals surface area contributed by atoms with Crippen molar-refractivity contribution in [3.63, 3.8) is 0 Å². The van der Waals surface area contributed by atoms with Crippen molar-refractivity contribution in [1.29, 1.82) is 0 Å². The maximum absolute atomic E-state index is 12.1. The SMILES string of the molecule is COc1ccc(C(C)NC(=O)Nc2ccc(C(C)=O)cc2)cc1OC. The molecule has 2 amide bonds. The van der Waals surface area contributed by atoms with Gasteiger partial charge in [-0.05, 0) is 55.8 Å². The predicted octanol–water partition coefficient (Wildman–Crippen LogP) is 3.79. The smallest absolute Gasteiger partial charge is 0.319 e. The van der Waals surface area contributed by atoms with Gasteiger partial charge in [0.05, 0.1) is 20.3 Å². The molecule has 0 heterocycles. The molecule has 25 heavy (non-hydrogen) atoms. The molecule has 1 unspecified atom stereocenters. The molecule has 0 spiro atoms. The molecule has 0 fully saturated rings. The Kier molecular flexibility index (Phi) is 6.00. The van der Waals surface area contributed by atoms with Gasteiger partial charge >= 0.3 is 6.03 Å². The van der Waals surface area contributed by atoms with Gasteiger partial charge < -0.3 is 20.1 Å². The van der Waals surface area contributed by atoms with Crippen LogP contribution in [0, 0.1) is 0 Å². The third-order valence-electron chi connectivity index (χ3n) is 3.80. The van der Waals surface area contributed by atoms with Crippen molar-refractivity contribution in [2.75, 3.05) is 19.5 Å². The minimum absolute atomic E-state index is 0.0157. The molecule has 0 saturated heterocycles. The fraction of sp³-hybridized carbons (Fsp3) is 0.263. The fourth-order valence-electron chi connectivity index (χ4n) is 2.36. The normalized spacial score (nSPS) is 11.4. The molecule has 0 aromatic heterocycles. The maximum atomic E-state index is 12.1. The van der Waals surface area contributed by atoms with Gasteiger partial charge in [-0.1, -0.05) is 6.07 Å². The number of benzene rings is 2. The lowest BCUT2D eigenvalue weighted by Crippen LogP contribution is -2.31. The van der Waals surface area contributed by atoms with E-state index in [1.807, 2.05) is 19.1 Å². The van der Waals surface area contributed by atoms with Crippen LogP contribution in [0.15, 0.2) is 42.5 Å². The third-order valence-corrected chi connectivity index (χ3v) is 3.80. The summed E-state index contributed by atoms with van der Waals surface area (Å²) in [4.78, 5) is 23.4. The Hall–Kier alpha value is -3.02. The van der Waals surface area contributed by atoms with E-state index in [1.54, 1.807) is 44.6 Å². The van der Waals surface area contributed by atoms with Crippen LogP contribution >= 0.6 is 0 Å². The number of urea groups is 1. The minimum atomic E-state index is -0.335. The highest BCUT2D eigenvalue weighted by atomic mass is 16.5. The second-order valence-corrected chi connectivity index (χ2v) is 5.57. The van der Waals surface area contributed by atoms with E-state index in [0.29, 0.717) is 22.7 Å². The molecule has 6 nitrogen and oxygen atoms in total. The quantitative estimate of drug-likeness (QED) is 0.783. The number of hydrogen-bond acceptors (Lipinski definition) is 4. The van der Waals surface area contributed by atoms with Crippen molar-refractivity contribution in [3.8, 4) is 11.5 Å². The van der Waals surface area contributed by atoms with Crippen LogP contribution in [0.5, 0.6) is 11.5 Å². The first-order valence-corrected chi connectivity index (χ1v) is 7.85. The highest BCUT2D eigenvalue weighted by Crippen LogP contribution is 2.29. The van der Waals surface area contributed by atoms with Crippen LogP contribution in [0.4, 0.5) is 10.5 Å². The molecule has 0 aliphatic carbocycles. The predicted molar refractivity (Wildman–Crippen MR) is 96.6 cm³/mol. The summed E-state index contributed by atoms with van der Waals surface area (Å²) in [6.45, 7) is 3.37. The van der Waals surface area contributed by atoms with E-state index in [4.69, 9.17) is 9.47 Å². The molecule has 0 radical (unpaired) electrons.